The van der Waals surface area contributed by atoms with Crippen molar-refractivity contribution in [1.29, 1.82) is 0 Å². The molecule has 1 aliphatic carbocycles. The topological polar surface area (TPSA) is 32.3 Å². The Morgan fingerprint density at radius 2 is 1.87 bits per heavy atom. The maximum Gasteiger partial charge on any atom is 0.0587 e. The summed E-state index contributed by atoms with van der Waals surface area (Å²) < 4.78 is 0. The largest absolute Gasteiger partial charge is 0.395 e. The quantitative estimate of drug-likeness (QED) is 0.711. The number of rotatable bonds is 6. The van der Waals surface area contributed by atoms with Gasteiger partial charge in [-0.1, -0.05) is 46.0 Å². The van der Waals surface area contributed by atoms with Gasteiger partial charge in [0.2, 0.25) is 0 Å². The molecule has 1 aliphatic rings. The summed E-state index contributed by atoms with van der Waals surface area (Å²) in [4.78, 5) is 0. The lowest BCUT2D eigenvalue weighted by Gasteiger charge is -2.24. The van der Waals surface area contributed by atoms with Crippen LogP contribution in [-0.2, 0) is 0 Å². The highest BCUT2D eigenvalue weighted by Crippen LogP contribution is 2.25. The number of hydrogen-bond acceptors (Lipinski definition) is 2. The average Bonchev–Trinajstić information content (AvgIpc) is 2.25. The third kappa shape index (κ3) is 4.98. The van der Waals surface area contributed by atoms with Crippen LogP contribution in [0.2, 0.25) is 0 Å². The van der Waals surface area contributed by atoms with Crippen molar-refractivity contribution < 1.29 is 5.11 Å². The van der Waals surface area contributed by atoms with Gasteiger partial charge in [0.25, 0.3) is 0 Å². The van der Waals surface area contributed by atoms with E-state index in [1.165, 1.54) is 38.5 Å². The molecule has 2 heteroatoms. The zero-order valence-corrected chi connectivity index (χ0v) is 10.3. The van der Waals surface area contributed by atoms with Crippen LogP contribution in [0.1, 0.15) is 52.4 Å². The summed E-state index contributed by atoms with van der Waals surface area (Å²) in [7, 11) is 0. The van der Waals surface area contributed by atoms with E-state index in [1.54, 1.807) is 0 Å². The van der Waals surface area contributed by atoms with Crippen LogP contribution < -0.4 is 5.32 Å². The lowest BCUT2D eigenvalue weighted by Crippen LogP contribution is -2.38. The van der Waals surface area contributed by atoms with E-state index in [1.807, 2.05) is 0 Å². The molecule has 2 nitrogen and oxygen atoms in total. The van der Waals surface area contributed by atoms with Crippen molar-refractivity contribution in [3.05, 3.63) is 0 Å². The van der Waals surface area contributed by atoms with Crippen LogP contribution in [0.4, 0.5) is 0 Å². The fraction of sp³-hybridized carbons (Fsp3) is 1.00. The van der Waals surface area contributed by atoms with Gasteiger partial charge in [-0.2, -0.15) is 0 Å². The van der Waals surface area contributed by atoms with E-state index >= 15 is 0 Å². The van der Waals surface area contributed by atoms with Gasteiger partial charge in [0, 0.05) is 6.04 Å². The lowest BCUT2D eigenvalue weighted by atomic mass is 9.87. The predicted octanol–water partition coefficient (Wildman–Crippen LogP) is 2.56. The first-order valence-corrected chi connectivity index (χ1v) is 6.58. The minimum Gasteiger partial charge on any atom is -0.395 e. The Labute approximate surface area is 94.5 Å². The third-order valence-corrected chi connectivity index (χ3v) is 3.69. The monoisotopic (exact) mass is 213 g/mol. The Bertz CT molecular complexity index is 153. The van der Waals surface area contributed by atoms with Gasteiger partial charge < -0.3 is 10.4 Å². The van der Waals surface area contributed by atoms with Crippen LogP contribution >= 0.6 is 0 Å². The molecule has 1 unspecified atom stereocenters. The lowest BCUT2D eigenvalue weighted by molar-refractivity contribution is 0.206. The predicted molar refractivity (Wildman–Crippen MR) is 64.9 cm³/mol. The maximum absolute atomic E-state index is 9.17. The molecule has 0 bridgehead atoms. The molecule has 0 aromatic rings. The maximum atomic E-state index is 9.17. The molecule has 1 atom stereocenters. The van der Waals surface area contributed by atoms with Crippen molar-refractivity contribution in [2.45, 2.75) is 58.4 Å². The molecule has 0 spiro atoms. The minimum atomic E-state index is 0.266. The number of nitrogens with one attached hydrogen (secondary N) is 1. The molecule has 0 aliphatic heterocycles. The van der Waals surface area contributed by atoms with E-state index in [-0.39, 0.29) is 12.6 Å². The Balaban J connectivity index is 2.08. The average molecular weight is 213 g/mol. The minimum absolute atomic E-state index is 0.266. The number of aliphatic hydroxyl groups is 1. The third-order valence-electron chi connectivity index (χ3n) is 3.69. The SMILES string of the molecule is CC(C)C(CO)NCCC1CCCCC1. The van der Waals surface area contributed by atoms with Crippen molar-refractivity contribution in [3.63, 3.8) is 0 Å². The first-order chi connectivity index (χ1) is 7.24. The molecule has 0 saturated heterocycles. The molecular weight excluding hydrogens is 186 g/mol. The molecule has 2 N–H and O–H groups in total. The Kier molecular flexibility index (Phi) is 6.26. The summed E-state index contributed by atoms with van der Waals surface area (Å²) in [6.07, 6.45) is 8.44. The van der Waals surface area contributed by atoms with Crippen LogP contribution in [0.3, 0.4) is 0 Å². The zero-order valence-electron chi connectivity index (χ0n) is 10.3. The molecule has 15 heavy (non-hydrogen) atoms. The van der Waals surface area contributed by atoms with E-state index in [0.29, 0.717) is 5.92 Å². The van der Waals surface area contributed by atoms with E-state index < -0.39 is 0 Å². The first kappa shape index (κ1) is 13.0. The van der Waals surface area contributed by atoms with Gasteiger partial charge in [0.05, 0.1) is 6.61 Å². The summed E-state index contributed by atoms with van der Waals surface area (Å²) in [6.45, 7) is 5.67. The second kappa shape index (κ2) is 7.24. The summed E-state index contributed by atoms with van der Waals surface area (Å²) in [5.74, 6) is 1.47. The van der Waals surface area contributed by atoms with Gasteiger partial charge in [0.1, 0.15) is 0 Å². The highest BCUT2D eigenvalue weighted by atomic mass is 16.3. The van der Waals surface area contributed by atoms with Gasteiger partial charge in [-0.05, 0) is 24.8 Å². The molecule has 0 heterocycles. The summed E-state index contributed by atoms with van der Waals surface area (Å²) >= 11 is 0. The molecule has 1 fully saturated rings. The van der Waals surface area contributed by atoms with Gasteiger partial charge in [-0.25, -0.2) is 0 Å². The zero-order chi connectivity index (χ0) is 11.1. The molecule has 0 amide bonds. The van der Waals surface area contributed by atoms with Crippen LogP contribution in [0, 0.1) is 11.8 Å². The van der Waals surface area contributed by atoms with Crippen LogP contribution in [0.5, 0.6) is 0 Å². The Morgan fingerprint density at radius 3 is 2.40 bits per heavy atom. The molecule has 1 rings (SSSR count). The van der Waals surface area contributed by atoms with Gasteiger partial charge in [-0.15, -0.1) is 0 Å². The standard InChI is InChI=1S/C13H27NO/c1-11(2)13(10-15)14-9-8-12-6-4-3-5-7-12/h11-15H,3-10H2,1-2H3. The highest BCUT2D eigenvalue weighted by Gasteiger charge is 2.15. The second-order valence-electron chi connectivity index (χ2n) is 5.28. The van der Waals surface area contributed by atoms with E-state index in [9.17, 15) is 5.11 Å². The van der Waals surface area contributed by atoms with Crippen LogP contribution in [0.25, 0.3) is 0 Å². The summed E-state index contributed by atoms with van der Waals surface area (Å²) in [5.41, 5.74) is 0. The fourth-order valence-corrected chi connectivity index (χ4v) is 2.46. The first-order valence-electron chi connectivity index (χ1n) is 6.58. The molecule has 0 radical (unpaired) electrons. The summed E-state index contributed by atoms with van der Waals surface area (Å²) in [6, 6.07) is 0.286. The Hall–Kier alpha value is -0.0800. The molecule has 0 aromatic carbocycles. The molecule has 90 valence electrons. The number of hydrogen-bond donors (Lipinski definition) is 2. The number of aliphatic hydroxyl groups excluding tert-OH is 1. The highest BCUT2D eigenvalue weighted by molar-refractivity contribution is 4.71. The van der Waals surface area contributed by atoms with Crippen molar-refractivity contribution in [2.24, 2.45) is 11.8 Å². The van der Waals surface area contributed by atoms with Crippen LogP contribution in [-0.4, -0.2) is 24.3 Å². The summed E-state index contributed by atoms with van der Waals surface area (Å²) in [5, 5.41) is 12.6. The van der Waals surface area contributed by atoms with Gasteiger partial charge in [0.15, 0.2) is 0 Å². The Morgan fingerprint density at radius 1 is 1.20 bits per heavy atom. The van der Waals surface area contributed by atoms with Gasteiger partial charge >= 0.3 is 0 Å². The van der Waals surface area contributed by atoms with Crippen molar-refractivity contribution >= 4 is 0 Å². The molecular formula is C13H27NO. The normalized spacial score (nSPS) is 20.8. The van der Waals surface area contributed by atoms with Crippen molar-refractivity contribution in [2.75, 3.05) is 13.2 Å². The van der Waals surface area contributed by atoms with Crippen LogP contribution in [0.15, 0.2) is 0 Å². The fourth-order valence-electron chi connectivity index (χ4n) is 2.46. The van der Waals surface area contributed by atoms with E-state index in [2.05, 4.69) is 19.2 Å². The smallest absolute Gasteiger partial charge is 0.0587 e. The van der Waals surface area contributed by atoms with Crippen molar-refractivity contribution in [1.82, 2.24) is 5.32 Å². The van der Waals surface area contributed by atoms with E-state index in [4.69, 9.17) is 0 Å². The van der Waals surface area contributed by atoms with Gasteiger partial charge in [-0.3, -0.25) is 0 Å². The van der Waals surface area contributed by atoms with E-state index in [0.717, 1.165) is 12.5 Å². The van der Waals surface area contributed by atoms with Crippen molar-refractivity contribution in [3.8, 4) is 0 Å². The second-order valence-corrected chi connectivity index (χ2v) is 5.28. The molecule has 0 aromatic heterocycles. The molecule has 1 saturated carbocycles.